The molecule has 0 aliphatic carbocycles. The van der Waals surface area contributed by atoms with Crippen molar-refractivity contribution in [1.29, 1.82) is 0 Å². The monoisotopic (exact) mass is 466 g/mol. The Kier molecular flexibility index (Phi) is 13.9. The summed E-state index contributed by atoms with van der Waals surface area (Å²) in [6.45, 7) is 14.9. The van der Waals surface area contributed by atoms with E-state index in [4.69, 9.17) is 11.6 Å². The SMILES string of the molecule is CCC[CH2][Sn]([CH2]CCC)([CH2]CCC)/[C](=C/CCCCl)[Si](C)(C)C. The fourth-order valence-corrected chi connectivity index (χ4v) is 37.5. The normalized spacial score (nSPS) is 13.6. The summed E-state index contributed by atoms with van der Waals surface area (Å²) in [5, 5.41) is 0. The zero-order valence-corrected chi connectivity index (χ0v) is 21.6. The summed E-state index contributed by atoms with van der Waals surface area (Å²) >= 11 is 3.76. The van der Waals surface area contributed by atoms with Crippen molar-refractivity contribution in [3.8, 4) is 0 Å². The van der Waals surface area contributed by atoms with Crippen LogP contribution in [0.1, 0.15) is 72.1 Å². The molecule has 23 heavy (non-hydrogen) atoms. The Labute approximate surface area is 157 Å². The minimum atomic E-state index is -2.20. The Morgan fingerprint density at radius 2 is 1.26 bits per heavy atom. The van der Waals surface area contributed by atoms with E-state index in [1.54, 1.807) is 13.3 Å². The summed E-state index contributed by atoms with van der Waals surface area (Å²) in [7, 11) is -1.21. The number of unbranched alkanes of at least 4 members (excludes halogenated alkanes) is 4. The van der Waals surface area contributed by atoms with E-state index >= 15 is 0 Å². The second kappa shape index (κ2) is 13.3. The third-order valence-electron chi connectivity index (χ3n) is 5.09. The Balaban J connectivity index is 5.66. The van der Waals surface area contributed by atoms with Gasteiger partial charge in [0.05, 0.1) is 0 Å². The van der Waals surface area contributed by atoms with Crippen LogP contribution in [0.3, 0.4) is 0 Å². The quantitative estimate of drug-likeness (QED) is 0.138. The number of rotatable bonds is 14. The van der Waals surface area contributed by atoms with Crippen molar-refractivity contribution in [3.63, 3.8) is 0 Å². The van der Waals surface area contributed by atoms with Gasteiger partial charge in [-0.2, -0.15) is 0 Å². The summed E-state index contributed by atoms with van der Waals surface area (Å²) in [5.74, 6) is 0.816. The average molecular weight is 466 g/mol. The van der Waals surface area contributed by atoms with Crippen LogP contribution in [0.5, 0.6) is 0 Å². The molecule has 0 N–H and O–H groups in total. The van der Waals surface area contributed by atoms with Gasteiger partial charge in [-0.1, -0.05) is 0 Å². The molecule has 0 nitrogen and oxygen atoms in total. The second-order valence-corrected chi connectivity index (χ2v) is 28.3. The predicted molar refractivity (Wildman–Crippen MR) is 116 cm³/mol. The molecule has 0 rings (SSSR count). The fraction of sp³-hybridized carbons (Fsp3) is 0.900. The van der Waals surface area contributed by atoms with Crippen LogP contribution in [0.2, 0.25) is 33.0 Å². The number of allylic oxidation sites excluding steroid dienone is 1. The molecule has 0 atom stereocenters. The Morgan fingerprint density at radius 3 is 1.57 bits per heavy atom. The van der Waals surface area contributed by atoms with E-state index < -0.39 is 26.5 Å². The molecule has 0 aromatic carbocycles. The van der Waals surface area contributed by atoms with Crippen LogP contribution in [0.25, 0.3) is 0 Å². The van der Waals surface area contributed by atoms with Crippen molar-refractivity contribution in [2.45, 2.75) is 105 Å². The molecule has 0 aliphatic rings. The first-order chi connectivity index (χ1) is 10.9. The Bertz CT molecular complexity index is 298. The Morgan fingerprint density at radius 1 is 0.826 bits per heavy atom. The van der Waals surface area contributed by atoms with Crippen LogP contribution < -0.4 is 0 Å². The standard InChI is InChI=1S/C8H16ClSi.3C4H9.Sn/c1-10(2,3)8-6-4-5-7-9;3*1-3-4-2;/h6H,4-5,7H2,1-3H3;3*1,3-4H2,2H3;. The molecular weight excluding hydrogens is 422 g/mol. The van der Waals surface area contributed by atoms with Crippen molar-refractivity contribution < 1.29 is 0 Å². The van der Waals surface area contributed by atoms with Crippen LogP contribution in [0.15, 0.2) is 9.29 Å². The van der Waals surface area contributed by atoms with Gasteiger partial charge < -0.3 is 0 Å². The van der Waals surface area contributed by atoms with Gasteiger partial charge in [0, 0.05) is 0 Å². The van der Waals surface area contributed by atoms with Gasteiger partial charge in [-0.05, 0) is 0 Å². The van der Waals surface area contributed by atoms with E-state index in [9.17, 15) is 0 Å². The van der Waals surface area contributed by atoms with Gasteiger partial charge in [-0.15, -0.1) is 0 Å². The van der Waals surface area contributed by atoms with Crippen LogP contribution >= 0.6 is 11.6 Å². The first-order valence-electron chi connectivity index (χ1n) is 10.1. The van der Waals surface area contributed by atoms with E-state index in [1.807, 2.05) is 0 Å². The van der Waals surface area contributed by atoms with E-state index in [1.165, 1.54) is 44.9 Å². The summed E-state index contributed by atoms with van der Waals surface area (Å²) < 4.78 is 6.92. The first kappa shape index (κ1) is 24.0. The molecule has 0 fully saturated rings. The maximum absolute atomic E-state index is 5.96. The van der Waals surface area contributed by atoms with Crippen LogP contribution in [-0.4, -0.2) is 32.3 Å². The summed E-state index contributed by atoms with van der Waals surface area (Å²) in [6.07, 6.45) is 13.7. The molecule has 0 unspecified atom stereocenters. The van der Waals surface area contributed by atoms with E-state index in [-0.39, 0.29) is 0 Å². The van der Waals surface area contributed by atoms with E-state index in [2.05, 4.69) is 49.7 Å². The molecule has 0 saturated carbocycles. The molecule has 0 amide bonds. The third-order valence-corrected chi connectivity index (χ3v) is 32.2. The molecule has 0 saturated heterocycles. The average Bonchev–Trinajstić information content (AvgIpc) is 2.50. The molecule has 0 radical (unpaired) electrons. The van der Waals surface area contributed by atoms with Gasteiger partial charge in [-0.25, -0.2) is 0 Å². The molecule has 0 aliphatic heterocycles. The van der Waals surface area contributed by atoms with Gasteiger partial charge >= 0.3 is 158 Å². The minimum absolute atomic E-state index is 0.816. The number of halogens is 1. The first-order valence-corrected chi connectivity index (χ1v) is 21.7. The molecule has 0 aromatic heterocycles. The van der Waals surface area contributed by atoms with Crippen molar-refractivity contribution in [2.75, 3.05) is 5.88 Å². The van der Waals surface area contributed by atoms with Gasteiger partial charge in [0.15, 0.2) is 0 Å². The topological polar surface area (TPSA) is 0 Å². The summed E-state index contributed by atoms with van der Waals surface area (Å²) in [5.41, 5.74) is 0. The zero-order chi connectivity index (χ0) is 17.8. The number of hydrogen-bond donors (Lipinski definition) is 0. The van der Waals surface area contributed by atoms with E-state index in [0.29, 0.717) is 0 Å². The van der Waals surface area contributed by atoms with Crippen molar-refractivity contribution in [1.82, 2.24) is 0 Å². The van der Waals surface area contributed by atoms with Crippen molar-refractivity contribution >= 4 is 38.1 Å². The van der Waals surface area contributed by atoms with Crippen molar-refractivity contribution in [2.24, 2.45) is 0 Å². The van der Waals surface area contributed by atoms with Crippen LogP contribution in [-0.2, 0) is 0 Å². The van der Waals surface area contributed by atoms with Gasteiger partial charge in [0.1, 0.15) is 0 Å². The third kappa shape index (κ3) is 9.35. The van der Waals surface area contributed by atoms with Gasteiger partial charge in [0.2, 0.25) is 0 Å². The number of alkyl halides is 1. The fourth-order valence-electron chi connectivity index (χ4n) is 3.97. The molecular formula is C20H43ClSiSn. The molecule has 3 heteroatoms. The van der Waals surface area contributed by atoms with Crippen molar-refractivity contribution in [3.05, 3.63) is 9.29 Å². The van der Waals surface area contributed by atoms with Gasteiger partial charge in [0.25, 0.3) is 0 Å². The second-order valence-electron chi connectivity index (χ2n) is 8.29. The Hall–Kier alpha value is 1.05. The van der Waals surface area contributed by atoms with Gasteiger partial charge in [-0.3, -0.25) is 0 Å². The zero-order valence-electron chi connectivity index (χ0n) is 16.9. The van der Waals surface area contributed by atoms with Crippen LogP contribution in [0, 0.1) is 0 Å². The summed E-state index contributed by atoms with van der Waals surface area (Å²) in [6, 6.07) is 0. The number of hydrogen-bond acceptors (Lipinski definition) is 0. The van der Waals surface area contributed by atoms with E-state index in [0.717, 1.165) is 12.3 Å². The molecule has 138 valence electrons. The van der Waals surface area contributed by atoms with Crippen LogP contribution in [0.4, 0.5) is 0 Å². The maximum atomic E-state index is 5.96. The summed E-state index contributed by atoms with van der Waals surface area (Å²) in [4.78, 5) is 0. The molecule has 0 bridgehead atoms. The molecule has 0 heterocycles. The molecule has 0 aromatic rings. The molecule has 0 spiro atoms. The predicted octanol–water partition coefficient (Wildman–Crippen LogP) is 8.20.